The molecule has 0 bridgehead atoms. The second kappa shape index (κ2) is 8.27. The number of likely N-dealkylation sites (N-methyl/N-ethyl adjacent to an activating group) is 1. The molecule has 1 unspecified atom stereocenters. The van der Waals surface area contributed by atoms with Gasteiger partial charge in [-0.2, -0.15) is 4.72 Å². The van der Waals surface area contributed by atoms with E-state index in [9.17, 15) is 13.2 Å². The Morgan fingerprint density at radius 3 is 2.24 bits per heavy atom. The number of benzene rings is 2. The van der Waals surface area contributed by atoms with Gasteiger partial charge in [0.2, 0.25) is 15.9 Å². The molecule has 5 nitrogen and oxygen atoms in total. The minimum absolute atomic E-state index is 0.162. The smallest absolute Gasteiger partial charge is 0.241 e. The van der Waals surface area contributed by atoms with Crippen molar-refractivity contribution >= 4 is 15.9 Å². The molecule has 0 spiro atoms. The molecule has 2 aromatic carbocycles. The lowest BCUT2D eigenvalue weighted by Crippen LogP contribution is -2.46. The highest BCUT2D eigenvalue weighted by atomic mass is 32.2. The fourth-order valence-corrected chi connectivity index (χ4v) is 3.75. The van der Waals surface area contributed by atoms with E-state index in [1.165, 1.54) is 0 Å². The molecule has 0 saturated carbocycles. The molecule has 6 heteroatoms. The summed E-state index contributed by atoms with van der Waals surface area (Å²) in [6.07, 6.45) is 0.378. The second-order valence-electron chi connectivity index (χ2n) is 6.08. The molecule has 0 radical (unpaired) electrons. The Kier molecular flexibility index (Phi) is 6.33. The van der Waals surface area contributed by atoms with Gasteiger partial charge in [-0.25, -0.2) is 8.42 Å². The summed E-state index contributed by atoms with van der Waals surface area (Å²) in [5.74, 6) is -0.248. The summed E-state index contributed by atoms with van der Waals surface area (Å²) < 4.78 is 27.6. The standard InChI is InChI=1S/C19H24N2O3S/c1-4-18(19(22)21(3)14-16-8-6-5-7-9-16)20-25(23,24)17-12-10-15(2)11-13-17/h5-13,18,20H,4,14H2,1-3H3. The highest BCUT2D eigenvalue weighted by molar-refractivity contribution is 7.89. The number of carbonyl (C=O) groups is 1. The fraction of sp³-hybridized carbons (Fsp3) is 0.316. The van der Waals surface area contributed by atoms with E-state index in [1.54, 1.807) is 43.1 Å². The van der Waals surface area contributed by atoms with Crippen LogP contribution in [0.3, 0.4) is 0 Å². The van der Waals surface area contributed by atoms with Crippen LogP contribution in [0.4, 0.5) is 0 Å². The van der Waals surface area contributed by atoms with Crippen LogP contribution in [0.2, 0.25) is 0 Å². The normalized spacial score (nSPS) is 12.6. The number of nitrogens with one attached hydrogen (secondary N) is 1. The van der Waals surface area contributed by atoms with E-state index in [-0.39, 0.29) is 10.8 Å². The molecule has 0 aromatic heterocycles. The molecule has 1 N–H and O–H groups in total. The lowest BCUT2D eigenvalue weighted by molar-refractivity contribution is -0.132. The third-order valence-electron chi connectivity index (χ3n) is 3.97. The second-order valence-corrected chi connectivity index (χ2v) is 7.79. The summed E-state index contributed by atoms with van der Waals surface area (Å²) in [5, 5.41) is 0. The molecule has 2 aromatic rings. The van der Waals surface area contributed by atoms with Gasteiger partial charge in [-0.3, -0.25) is 4.79 Å². The topological polar surface area (TPSA) is 66.5 Å². The highest BCUT2D eigenvalue weighted by Gasteiger charge is 2.26. The first-order valence-electron chi connectivity index (χ1n) is 8.21. The summed E-state index contributed by atoms with van der Waals surface area (Å²) in [4.78, 5) is 14.3. The first kappa shape index (κ1) is 19.1. The average Bonchev–Trinajstić information content (AvgIpc) is 2.60. The summed E-state index contributed by atoms with van der Waals surface area (Å²) in [5.41, 5.74) is 1.97. The molecule has 0 aliphatic carbocycles. The number of hydrogen-bond donors (Lipinski definition) is 1. The third kappa shape index (κ3) is 5.14. The van der Waals surface area contributed by atoms with Gasteiger partial charge in [0.05, 0.1) is 4.90 Å². The van der Waals surface area contributed by atoms with Crippen molar-refractivity contribution in [2.45, 2.75) is 37.8 Å². The van der Waals surface area contributed by atoms with Crippen LogP contribution in [0, 0.1) is 6.92 Å². The van der Waals surface area contributed by atoms with E-state index >= 15 is 0 Å². The monoisotopic (exact) mass is 360 g/mol. The number of aryl methyl sites for hydroxylation is 1. The van der Waals surface area contributed by atoms with Crippen molar-refractivity contribution in [3.63, 3.8) is 0 Å². The van der Waals surface area contributed by atoms with Gasteiger partial charge in [-0.15, -0.1) is 0 Å². The predicted octanol–water partition coefficient (Wildman–Crippen LogP) is 2.71. The summed E-state index contributed by atoms with van der Waals surface area (Å²) in [7, 11) is -2.06. The van der Waals surface area contributed by atoms with Crippen LogP contribution in [-0.4, -0.2) is 32.3 Å². The number of nitrogens with zero attached hydrogens (tertiary/aromatic N) is 1. The van der Waals surface area contributed by atoms with Crippen molar-refractivity contribution < 1.29 is 13.2 Å². The number of amides is 1. The Hall–Kier alpha value is -2.18. The van der Waals surface area contributed by atoms with E-state index in [2.05, 4.69) is 4.72 Å². The third-order valence-corrected chi connectivity index (χ3v) is 5.46. The minimum atomic E-state index is -3.74. The number of carbonyl (C=O) groups excluding carboxylic acids is 1. The van der Waals surface area contributed by atoms with Crippen LogP contribution in [-0.2, 0) is 21.4 Å². The van der Waals surface area contributed by atoms with Crippen LogP contribution in [0.15, 0.2) is 59.5 Å². The van der Waals surface area contributed by atoms with Crippen molar-refractivity contribution in [2.75, 3.05) is 7.05 Å². The lowest BCUT2D eigenvalue weighted by Gasteiger charge is -2.24. The van der Waals surface area contributed by atoms with Crippen LogP contribution in [0.5, 0.6) is 0 Å². The summed E-state index contributed by atoms with van der Waals surface area (Å²) in [6.45, 7) is 4.11. The zero-order valence-electron chi connectivity index (χ0n) is 14.8. The quantitative estimate of drug-likeness (QED) is 0.825. The minimum Gasteiger partial charge on any atom is -0.340 e. The SMILES string of the molecule is CCC(NS(=O)(=O)c1ccc(C)cc1)C(=O)N(C)Cc1ccccc1. The molecule has 1 atom stereocenters. The predicted molar refractivity (Wildman–Crippen MR) is 98.5 cm³/mol. The molecule has 134 valence electrons. The Labute approximate surface area is 149 Å². The molecule has 0 heterocycles. The number of sulfonamides is 1. The van der Waals surface area contributed by atoms with E-state index in [4.69, 9.17) is 0 Å². The molecule has 25 heavy (non-hydrogen) atoms. The van der Waals surface area contributed by atoms with Gasteiger partial charge < -0.3 is 4.90 Å². The Balaban J connectivity index is 2.10. The molecule has 2 rings (SSSR count). The molecule has 1 amide bonds. The van der Waals surface area contributed by atoms with Gasteiger partial charge in [0.1, 0.15) is 6.04 Å². The molecule has 0 aliphatic rings. The molecule has 0 aliphatic heterocycles. The van der Waals surface area contributed by atoms with Gasteiger partial charge in [-0.1, -0.05) is 55.0 Å². The van der Waals surface area contributed by atoms with Crippen LogP contribution >= 0.6 is 0 Å². The number of rotatable bonds is 7. The number of hydrogen-bond acceptors (Lipinski definition) is 3. The van der Waals surface area contributed by atoms with Crippen molar-refractivity contribution in [3.05, 3.63) is 65.7 Å². The van der Waals surface area contributed by atoms with Crippen molar-refractivity contribution in [1.29, 1.82) is 0 Å². The fourth-order valence-electron chi connectivity index (χ4n) is 2.48. The van der Waals surface area contributed by atoms with Gasteiger partial charge in [0.25, 0.3) is 0 Å². The van der Waals surface area contributed by atoms with E-state index < -0.39 is 16.1 Å². The van der Waals surface area contributed by atoms with Crippen LogP contribution in [0.1, 0.15) is 24.5 Å². The van der Waals surface area contributed by atoms with Crippen molar-refractivity contribution in [1.82, 2.24) is 9.62 Å². The maximum atomic E-state index is 12.6. The summed E-state index contributed by atoms with van der Waals surface area (Å²) >= 11 is 0. The summed E-state index contributed by atoms with van der Waals surface area (Å²) in [6, 6.07) is 15.4. The Morgan fingerprint density at radius 1 is 1.08 bits per heavy atom. The van der Waals surface area contributed by atoms with E-state index in [0.717, 1.165) is 11.1 Å². The molecular formula is C19H24N2O3S. The highest BCUT2D eigenvalue weighted by Crippen LogP contribution is 2.13. The van der Waals surface area contributed by atoms with Crippen molar-refractivity contribution in [3.8, 4) is 0 Å². The van der Waals surface area contributed by atoms with Gasteiger partial charge in [0, 0.05) is 13.6 Å². The molecule has 0 fully saturated rings. The van der Waals surface area contributed by atoms with E-state index in [0.29, 0.717) is 13.0 Å². The van der Waals surface area contributed by atoms with Gasteiger partial charge >= 0.3 is 0 Å². The Bertz CT molecular complexity index is 802. The maximum absolute atomic E-state index is 12.6. The first-order chi connectivity index (χ1) is 11.8. The maximum Gasteiger partial charge on any atom is 0.241 e. The zero-order chi connectivity index (χ0) is 18.4. The first-order valence-corrected chi connectivity index (χ1v) is 9.69. The van der Waals surface area contributed by atoms with Crippen molar-refractivity contribution in [2.24, 2.45) is 0 Å². The molecule has 0 saturated heterocycles. The molecular weight excluding hydrogens is 336 g/mol. The largest absolute Gasteiger partial charge is 0.340 e. The van der Waals surface area contributed by atoms with Crippen LogP contribution < -0.4 is 4.72 Å². The zero-order valence-corrected chi connectivity index (χ0v) is 15.6. The lowest BCUT2D eigenvalue weighted by atomic mass is 10.2. The van der Waals surface area contributed by atoms with E-state index in [1.807, 2.05) is 37.3 Å². The average molecular weight is 360 g/mol. The van der Waals surface area contributed by atoms with Crippen LogP contribution in [0.25, 0.3) is 0 Å². The van der Waals surface area contributed by atoms with Gasteiger partial charge in [0.15, 0.2) is 0 Å². The Morgan fingerprint density at radius 2 is 1.68 bits per heavy atom. The van der Waals surface area contributed by atoms with Gasteiger partial charge in [-0.05, 0) is 31.0 Å².